The first-order valence-corrected chi connectivity index (χ1v) is 13.1. The third-order valence-corrected chi connectivity index (χ3v) is 8.00. The molecule has 2 aliphatic rings. The van der Waals surface area contributed by atoms with E-state index >= 15 is 0 Å². The van der Waals surface area contributed by atoms with Crippen LogP contribution in [0.3, 0.4) is 0 Å². The molecule has 33 heavy (non-hydrogen) atoms. The fourth-order valence-electron chi connectivity index (χ4n) is 4.73. The molecule has 4 rings (SSSR count). The van der Waals surface area contributed by atoms with Crippen LogP contribution < -0.4 is 14.4 Å². The molecule has 0 bridgehead atoms. The lowest BCUT2D eigenvalue weighted by atomic mass is 9.98. The molecule has 1 fully saturated rings. The van der Waals surface area contributed by atoms with Crippen LogP contribution in [0.5, 0.6) is 5.75 Å². The molecule has 178 valence electrons. The number of methoxy groups -OCH3 is 1. The number of carbonyl (C=O) groups is 1. The normalized spacial score (nSPS) is 19.2. The van der Waals surface area contributed by atoms with E-state index in [2.05, 4.69) is 9.62 Å². The predicted octanol–water partition coefficient (Wildman–Crippen LogP) is 2.97. The van der Waals surface area contributed by atoms with Gasteiger partial charge in [-0.05, 0) is 81.0 Å². The van der Waals surface area contributed by atoms with Crippen molar-refractivity contribution < 1.29 is 17.9 Å². The maximum absolute atomic E-state index is 13.2. The van der Waals surface area contributed by atoms with Gasteiger partial charge in [-0.2, -0.15) is 0 Å². The van der Waals surface area contributed by atoms with Crippen LogP contribution >= 0.6 is 0 Å². The van der Waals surface area contributed by atoms with Gasteiger partial charge in [-0.3, -0.25) is 9.69 Å². The average molecular weight is 472 g/mol. The van der Waals surface area contributed by atoms with Gasteiger partial charge in [0.1, 0.15) is 5.75 Å². The van der Waals surface area contributed by atoms with Crippen molar-refractivity contribution in [3.05, 3.63) is 53.6 Å². The Hall–Kier alpha value is -2.42. The highest BCUT2D eigenvalue weighted by Crippen LogP contribution is 2.31. The summed E-state index contributed by atoms with van der Waals surface area (Å²) in [6, 6.07) is 12.8. The van der Waals surface area contributed by atoms with E-state index in [-0.39, 0.29) is 16.7 Å². The highest BCUT2D eigenvalue weighted by molar-refractivity contribution is 7.89. The van der Waals surface area contributed by atoms with Gasteiger partial charge in [-0.15, -0.1) is 0 Å². The zero-order valence-corrected chi connectivity index (χ0v) is 20.2. The quantitative estimate of drug-likeness (QED) is 0.672. The standard InChI is InChI=1S/C25H33N3O4S/c1-19-7-10-23(11-8-19)33(30,31)26-16-20-5-3-13-27(17-20)18-25(29)28-14-4-6-21-15-22(32-2)9-12-24(21)28/h7-12,15,20,26H,3-6,13-14,16-18H2,1-2H3. The van der Waals surface area contributed by atoms with Gasteiger partial charge in [0.05, 0.1) is 18.6 Å². The Kier molecular flexibility index (Phi) is 7.36. The number of nitrogens with zero attached hydrogens (tertiary/aromatic N) is 2. The Morgan fingerprint density at radius 1 is 1.12 bits per heavy atom. The third kappa shape index (κ3) is 5.75. The summed E-state index contributed by atoms with van der Waals surface area (Å²) in [5.74, 6) is 1.10. The fourth-order valence-corrected chi connectivity index (χ4v) is 5.84. The van der Waals surface area contributed by atoms with Gasteiger partial charge in [0.15, 0.2) is 0 Å². The highest BCUT2D eigenvalue weighted by atomic mass is 32.2. The Morgan fingerprint density at radius 3 is 2.67 bits per heavy atom. The molecule has 8 heteroatoms. The van der Waals surface area contributed by atoms with Gasteiger partial charge in [-0.1, -0.05) is 17.7 Å². The second-order valence-corrected chi connectivity index (χ2v) is 10.8. The maximum atomic E-state index is 13.2. The third-order valence-electron chi connectivity index (χ3n) is 6.56. The summed E-state index contributed by atoms with van der Waals surface area (Å²) in [7, 11) is -1.87. The van der Waals surface area contributed by atoms with Crippen LogP contribution in [0.15, 0.2) is 47.4 Å². The van der Waals surface area contributed by atoms with Crippen LogP contribution in [-0.2, 0) is 21.2 Å². The van der Waals surface area contributed by atoms with E-state index in [1.807, 2.05) is 30.0 Å². The number of piperidine rings is 1. The summed E-state index contributed by atoms with van der Waals surface area (Å²) >= 11 is 0. The Labute approximate surface area is 196 Å². The van der Waals surface area contributed by atoms with Crippen molar-refractivity contribution in [3.63, 3.8) is 0 Å². The molecule has 1 saturated heterocycles. The molecule has 7 nitrogen and oxygen atoms in total. The molecule has 0 aromatic heterocycles. The fraction of sp³-hybridized carbons (Fsp3) is 0.480. The number of fused-ring (bicyclic) bond motifs is 1. The van der Waals surface area contributed by atoms with Crippen LogP contribution in [0.4, 0.5) is 5.69 Å². The molecule has 1 amide bonds. The first-order chi connectivity index (χ1) is 15.9. The average Bonchev–Trinajstić information content (AvgIpc) is 2.82. The minimum atomic E-state index is -3.53. The lowest BCUT2D eigenvalue weighted by Crippen LogP contribution is -2.47. The van der Waals surface area contributed by atoms with Crippen molar-refractivity contribution in [2.24, 2.45) is 5.92 Å². The Bertz CT molecular complexity index is 1090. The number of rotatable bonds is 7. The lowest BCUT2D eigenvalue weighted by molar-refractivity contribution is -0.120. The van der Waals surface area contributed by atoms with Gasteiger partial charge in [0.2, 0.25) is 15.9 Å². The van der Waals surface area contributed by atoms with E-state index in [9.17, 15) is 13.2 Å². The summed E-state index contributed by atoms with van der Waals surface area (Å²) in [6.45, 7) is 4.97. The Morgan fingerprint density at radius 2 is 1.91 bits per heavy atom. The van der Waals surface area contributed by atoms with Crippen LogP contribution in [-0.4, -0.2) is 59.1 Å². The van der Waals surface area contributed by atoms with E-state index in [4.69, 9.17) is 4.74 Å². The van der Waals surface area contributed by atoms with Crippen LogP contribution in [0.25, 0.3) is 0 Å². The number of hydrogen-bond acceptors (Lipinski definition) is 5. The smallest absolute Gasteiger partial charge is 0.241 e. The number of hydrogen-bond donors (Lipinski definition) is 1. The number of benzene rings is 2. The van der Waals surface area contributed by atoms with Gasteiger partial charge in [0, 0.05) is 25.3 Å². The molecule has 2 heterocycles. The largest absolute Gasteiger partial charge is 0.497 e. The van der Waals surface area contributed by atoms with E-state index in [0.717, 1.165) is 61.3 Å². The van der Waals surface area contributed by atoms with Gasteiger partial charge in [0.25, 0.3) is 0 Å². The molecule has 1 N–H and O–H groups in total. The molecule has 0 aliphatic carbocycles. The second-order valence-electron chi connectivity index (χ2n) is 9.05. The molecular weight excluding hydrogens is 438 g/mol. The molecule has 1 unspecified atom stereocenters. The van der Waals surface area contributed by atoms with Crippen LogP contribution in [0.1, 0.15) is 30.4 Å². The monoisotopic (exact) mass is 471 g/mol. The number of likely N-dealkylation sites (tertiary alicyclic amines) is 1. The summed E-state index contributed by atoms with van der Waals surface area (Å²) in [4.78, 5) is 17.5. The number of aryl methyl sites for hydroxylation is 2. The molecule has 2 aromatic rings. The highest BCUT2D eigenvalue weighted by Gasteiger charge is 2.28. The second kappa shape index (κ2) is 10.2. The van der Waals surface area contributed by atoms with Gasteiger partial charge >= 0.3 is 0 Å². The summed E-state index contributed by atoms with van der Waals surface area (Å²) in [6.07, 6.45) is 3.80. The lowest BCUT2D eigenvalue weighted by Gasteiger charge is -2.35. The van der Waals surface area contributed by atoms with Crippen molar-refractivity contribution in [2.45, 2.75) is 37.5 Å². The number of amides is 1. The SMILES string of the molecule is COc1ccc2c(c1)CCCN2C(=O)CN1CCCC(CNS(=O)(=O)c2ccc(C)cc2)C1. The first-order valence-electron chi connectivity index (χ1n) is 11.6. The van der Waals surface area contributed by atoms with Crippen molar-refractivity contribution >= 4 is 21.6 Å². The minimum absolute atomic E-state index is 0.0991. The zero-order valence-electron chi connectivity index (χ0n) is 19.4. The number of carbonyl (C=O) groups excluding carboxylic acids is 1. The summed E-state index contributed by atoms with van der Waals surface area (Å²) in [5.41, 5.74) is 3.15. The van der Waals surface area contributed by atoms with E-state index in [1.54, 1.807) is 31.4 Å². The van der Waals surface area contributed by atoms with Crippen molar-refractivity contribution in [3.8, 4) is 5.75 Å². The molecule has 0 spiro atoms. The number of nitrogens with one attached hydrogen (secondary N) is 1. The summed E-state index contributed by atoms with van der Waals surface area (Å²) in [5, 5.41) is 0. The Balaban J connectivity index is 1.34. The van der Waals surface area contributed by atoms with Crippen molar-refractivity contribution in [1.29, 1.82) is 0 Å². The predicted molar refractivity (Wildman–Crippen MR) is 129 cm³/mol. The molecule has 0 radical (unpaired) electrons. The molecule has 1 atom stereocenters. The van der Waals surface area contributed by atoms with E-state index < -0.39 is 10.0 Å². The number of sulfonamides is 1. The van der Waals surface area contributed by atoms with Crippen molar-refractivity contribution in [2.75, 3.05) is 44.7 Å². The molecular formula is C25H33N3O4S. The van der Waals surface area contributed by atoms with Gasteiger partial charge in [-0.25, -0.2) is 13.1 Å². The van der Waals surface area contributed by atoms with Crippen LogP contribution in [0, 0.1) is 12.8 Å². The molecule has 0 saturated carbocycles. The molecule has 2 aromatic carbocycles. The van der Waals surface area contributed by atoms with Crippen molar-refractivity contribution in [1.82, 2.24) is 9.62 Å². The first kappa shape index (κ1) is 23.7. The topological polar surface area (TPSA) is 79.0 Å². The maximum Gasteiger partial charge on any atom is 0.241 e. The van der Waals surface area contributed by atoms with Gasteiger partial charge < -0.3 is 9.64 Å². The minimum Gasteiger partial charge on any atom is -0.497 e. The molecule has 2 aliphatic heterocycles. The van der Waals surface area contributed by atoms with Crippen LogP contribution in [0.2, 0.25) is 0 Å². The number of anilines is 1. The van der Waals surface area contributed by atoms with E-state index in [1.165, 1.54) is 0 Å². The number of ether oxygens (including phenoxy) is 1. The van der Waals surface area contributed by atoms with E-state index in [0.29, 0.717) is 19.6 Å². The summed E-state index contributed by atoms with van der Waals surface area (Å²) < 4.78 is 33.3. The zero-order chi connectivity index (χ0) is 23.4.